The van der Waals surface area contributed by atoms with Crippen LogP contribution in [0.25, 0.3) is 22.6 Å². The van der Waals surface area contributed by atoms with Crippen LogP contribution in [0.5, 0.6) is 0 Å². The van der Waals surface area contributed by atoms with Crippen molar-refractivity contribution in [3.05, 3.63) is 58.5 Å². The minimum atomic E-state index is -4.46. The third-order valence-electron chi connectivity index (χ3n) is 3.82. The SMILES string of the molecule is FC(F)(F)c1ccc(Nc2ncnc3[nH]c(-c4c(Cl)cccc4Cl)nc23)nc1. The van der Waals surface area contributed by atoms with Gasteiger partial charge in [-0.05, 0) is 24.3 Å². The molecule has 6 nitrogen and oxygen atoms in total. The number of benzene rings is 1. The molecule has 0 aliphatic rings. The Bertz CT molecular complexity index is 1140. The molecule has 4 aromatic rings. The number of alkyl halides is 3. The lowest BCUT2D eigenvalue weighted by molar-refractivity contribution is -0.137. The van der Waals surface area contributed by atoms with Crippen LogP contribution < -0.4 is 5.32 Å². The van der Waals surface area contributed by atoms with Gasteiger partial charge >= 0.3 is 6.18 Å². The first-order valence-corrected chi connectivity index (χ1v) is 8.54. The monoisotopic (exact) mass is 424 g/mol. The second-order valence-corrected chi connectivity index (χ2v) is 6.47. The summed E-state index contributed by atoms with van der Waals surface area (Å²) in [5, 5.41) is 3.64. The maximum atomic E-state index is 12.7. The van der Waals surface area contributed by atoms with Crippen molar-refractivity contribution in [2.45, 2.75) is 6.18 Å². The van der Waals surface area contributed by atoms with Crippen molar-refractivity contribution in [2.75, 3.05) is 5.32 Å². The maximum Gasteiger partial charge on any atom is 0.417 e. The standard InChI is InChI=1S/C17H9Cl2F3N6/c18-9-2-1-3-10(19)12(9)14-27-13-15(24-7-25-16(13)28-14)26-11-5-4-8(6-23-11)17(20,21)22/h1-7H,(H2,23,24,25,26,27,28). The molecule has 11 heteroatoms. The van der Waals surface area contributed by atoms with Crippen molar-refractivity contribution in [3.63, 3.8) is 0 Å². The zero-order chi connectivity index (χ0) is 19.9. The Morgan fingerprint density at radius 2 is 1.71 bits per heavy atom. The molecule has 3 aromatic heterocycles. The van der Waals surface area contributed by atoms with E-state index in [0.29, 0.717) is 32.6 Å². The average molecular weight is 425 g/mol. The van der Waals surface area contributed by atoms with E-state index in [2.05, 4.69) is 30.2 Å². The van der Waals surface area contributed by atoms with E-state index in [1.807, 2.05) is 0 Å². The van der Waals surface area contributed by atoms with Crippen molar-refractivity contribution in [3.8, 4) is 11.4 Å². The van der Waals surface area contributed by atoms with Crippen molar-refractivity contribution in [2.24, 2.45) is 0 Å². The molecule has 0 amide bonds. The molecule has 0 fully saturated rings. The highest BCUT2D eigenvalue weighted by Gasteiger charge is 2.30. The number of fused-ring (bicyclic) bond motifs is 1. The minimum absolute atomic E-state index is 0.174. The number of pyridine rings is 1. The number of imidazole rings is 1. The number of nitrogens with one attached hydrogen (secondary N) is 2. The molecule has 4 rings (SSSR count). The molecule has 0 aliphatic carbocycles. The lowest BCUT2D eigenvalue weighted by Crippen LogP contribution is -2.06. The summed E-state index contributed by atoms with van der Waals surface area (Å²) in [6.07, 6.45) is -2.44. The van der Waals surface area contributed by atoms with Crippen LogP contribution >= 0.6 is 23.2 Å². The molecule has 0 unspecified atom stereocenters. The van der Waals surface area contributed by atoms with Gasteiger partial charge < -0.3 is 10.3 Å². The highest BCUT2D eigenvalue weighted by Crippen LogP contribution is 2.34. The molecule has 0 saturated carbocycles. The highest BCUT2D eigenvalue weighted by molar-refractivity contribution is 6.39. The zero-order valence-corrected chi connectivity index (χ0v) is 15.2. The summed E-state index contributed by atoms with van der Waals surface area (Å²) in [5.41, 5.74) is 0.411. The Labute approximate surface area is 165 Å². The van der Waals surface area contributed by atoms with Gasteiger partial charge in [-0.3, -0.25) is 0 Å². The number of anilines is 2. The van der Waals surface area contributed by atoms with Gasteiger partial charge in [-0.2, -0.15) is 13.2 Å². The van der Waals surface area contributed by atoms with Crippen LogP contribution in [0, 0.1) is 0 Å². The van der Waals surface area contributed by atoms with Crippen LogP contribution in [0.1, 0.15) is 5.56 Å². The predicted molar refractivity (Wildman–Crippen MR) is 99.7 cm³/mol. The summed E-state index contributed by atoms with van der Waals surface area (Å²) in [6.45, 7) is 0. The summed E-state index contributed by atoms with van der Waals surface area (Å²) >= 11 is 12.4. The number of aromatic amines is 1. The Morgan fingerprint density at radius 1 is 0.964 bits per heavy atom. The molecule has 0 saturated heterocycles. The number of hydrogen-bond acceptors (Lipinski definition) is 5. The van der Waals surface area contributed by atoms with E-state index >= 15 is 0 Å². The number of rotatable bonds is 3. The van der Waals surface area contributed by atoms with E-state index in [1.54, 1.807) is 18.2 Å². The summed E-state index contributed by atoms with van der Waals surface area (Å²) < 4.78 is 38.0. The van der Waals surface area contributed by atoms with E-state index in [-0.39, 0.29) is 11.6 Å². The Hall–Kier alpha value is -2.91. The van der Waals surface area contributed by atoms with Gasteiger partial charge in [0.2, 0.25) is 0 Å². The Kier molecular flexibility index (Phi) is 4.56. The van der Waals surface area contributed by atoms with E-state index in [0.717, 1.165) is 12.3 Å². The first-order chi connectivity index (χ1) is 13.3. The predicted octanol–water partition coefficient (Wildman–Crippen LogP) is 5.48. The minimum Gasteiger partial charge on any atom is -0.323 e. The largest absolute Gasteiger partial charge is 0.417 e. The average Bonchev–Trinajstić information content (AvgIpc) is 3.06. The van der Waals surface area contributed by atoms with Gasteiger partial charge in [0, 0.05) is 6.20 Å². The second kappa shape index (κ2) is 6.92. The molecular weight excluding hydrogens is 416 g/mol. The van der Waals surface area contributed by atoms with Crippen LogP contribution in [-0.4, -0.2) is 24.9 Å². The highest BCUT2D eigenvalue weighted by atomic mass is 35.5. The van der Waals surface area contributed by atoms with Crippen LogP contribution in [-0.2, 0) is 6.18 Å². The molecule has 0 spiro atoms. The van der Waals surface area contributed by atoms with Gasteiger partial charge in [-0.25, -0.2) is 19.9 Å². The number of H-pyrrole nitrogens is 1. The van der Waals surface area contributed by atoms with Gasteiger partial charge in [0.05, 0.1) is 21.2 Å². The van der Waals surface area contributed by atoms with Crippen molar-refractivity contribution < 1.29 is 13.2 Å². The normalized spacial score (nSPS) is 11.8. The fourth-order valence-corrected chi connectivity index (χ4v) is 3.10. The molecule has 0 bridgehead atoms. The van der Waals surface area contributed by atoms with Crippen LogP contribution in [0.3, 0.4) is 0 Å². The van der Waals surface area contributed by atoms with E-state index in [9.17, 15) is 13.2 Å². The van der Waals surface area contributed by atoms with Gasteiger partial charge in [0.15, 0.2) is 17.0 Å². The molecule has 1 aromatic carbocycles. The fourth-order valence-electron chi connectivity index (χ4n) is 2.52. The van der Waals surface area contributed by atoms with Gasteiger partial charge in [0.25, 0.3) is 0 Å². The van der Waals surface area contributed by atoms with Crippen LogP contribution in [0.2, 0.25) is 10.0 Å². The summed E-state index contributed by atoms with van der Waals surface area (Å²) in [6, 6.07) is 7.18. The number of hydrogen-bond donors (Lipinski definition) is 2. The zero-order valence-electron chi connectivity index (χ0n) is 13.7. The van der Waals surface area contributed by atoms with Gasteiger partial charge in [-0.1, -0.05) is 29.3 Å². The fraction of sp³-hybridized carbons (Fsp3) is 0.0588. The van der Waals surface area contributed by atoms with E-state index < -0.39 is 11.7 Å². The number of nitrogens with zero attached hydrogens (tertiary/aromatic N) is 4. The van der Waals surface area contributed by atoms with Crippen molar-refractivity contribution in [1.82, 2.24) is 24.9 Å². The third kappa shape index (κ3) is 3.46. The van der Waals surface area contributed by atoms with Gasteiger partial charge in [-0.15, -0.1) is 0 Å². The Balaban J connectivity index is 1.72. The topological polar surface area (TPSA) is 79.4 Å². The molecule has 3 heterocycles. The van der Waals surface area contributed by atoms with Crippen molar-refractivity contribution in [1.29, 1.82) is 0 Å². The number of aromatic nitrogens is 5. The molecular formula is C17H9Cl2F3N6. The Morgan fingerprint density at radius 3 is 2.36 bits per heavy atom. The van der Waals surface area contributed by atoms with E-state index in [1.165, 1.54) is 12.4 Å². The maximum absolute atomic E-state index is 12.7. The second-order valence-electron chi connectivity index (χ2n) is 5.66. The molecule has 0 radical (unpaired) electrons. The first-order valence-electron chi connectivity index (χ1n) is 7.78. The van der Waals surface area contributed by atoms with E-state index in [4.69, 9.17) is 23.2 Å². The summed E-state index contributed by atoms with van der Waals surface area (Å²) in [4.78, 5) is 19.4. The van der Waals surface area contributed by atoms with Gasteiger partial charge in [0.1, 0.15) is 18.0 Å². The number of halogens is 5. The van der Waals surface area contributed by atoms with Crippen molar-refractivity contribution >= 4 is 46.0 Å². The lowest BCUT2D eigenvalue weighted by Gasteiger charge is -2.08. The summed E-state index contributed by atoms with van der Waals surface area (Å²) in [7, 11) is 0. The van der Waals surface area contributed by atoms with Crippen LogP contribution in [0.4, 0.5) is 24.8 Å². The molecule has 0 atom stereocenters. The smallest absolute Gasteiger partial charge is 0.323 e. The molecule has 0 aliphatic heterocycles. The molecule has 2 N–H and O–H groups in total. The third-order valence-corrected chi connectivity index (χ3v) is 4.45. The molecule has 28 heavy (non-hydrogen) atoms. The first kappa shape index (κ1) is 18.5. The lowest BCUT2D eigenvalue weighted by atomic mass is 10.2. The van der Waals surface area contributed by atoms with Crippen LogP contribution in [0.15, 0.2) is 42.9 Å². The summed E-state index contributed by atoms with van der Waals surface area (Å²) in [5.74, 6) is 0.825. The molecule has 142 valence electrons. The quantitative estimate of drug-likeness (QED) is 0.454.